The van der Waals surface area contributed by atoms with Crippen molar-refractivity contribution in [3.05, 3.63) is 65.4 Å². The Bertz CT molecular complexity index is 1430. The molecule has 0 saturated heterocycles. The van der Waals surface area contributed by atoms with Crippen LogP contribution in [-0.2, 0) is 26.2 Å². The summed E-state index contributed by atoms with van der Waals surface area (Å²) >= 11 is 0. The van der Waals surface area contributed by atoms with Crippen molar-refractivity contribution in [3.8, 4) is 11.1 Å². The molecule has 0 aliphatic carbocycles. The van der Waals surface area contributed by atoms with Gasteiger partial charge in [0, 0.05) is 31.1 Å². The summed E-state index contributed by atoms with van der Waals surface area (Å²) < 4.78 is 34.3. The number of benzene rings is 2. The van der Waals surface area contributed by atoms with Gasteiger partial charge in [-0.25, -0.2) is 8.42 Å². The minimum atomic E-state index is -3.96. The van der Waals surface area contributed by atoms with Gasteiger partial charge in [-0.15, -0.1) is 0 Å². The second-order valence-electron chi connectivity index (χ2n) is 10.4. The first-order chi connectivity index (χ1) is 19.5. The largest absolute Gasteiger partial charge is 0.359 e. The molecule has 2 amide bonds. The van der Waals surface area contributed by atoms with E-state index in [4.69, 9.17) is 4.52 Å². The molecule has 0 fully saturated rings. The molecule has 0 unspecified atom stereocenters. The maximum atomic E-state index is 13.4. The Balaban J connectivity index is 1.92. The first-order valence-electron chi connectivity index (χ1n) is 14.2. The molecular weight excluding hydrogens is 540 g/mol. The van der Waals surface area contributed by atoms with Crippen LogP contribution >= 0.6 is 0 Å². The van der Waals surface area contributed by atoms with Gasteiger partial charge in [-0.1, -0.05) is 87.7 Å². The van der Waals surface area contributed by atoms with E-state index >= 15 is 0 Å². The van der Waals surface area contributed by atoms with Gasteiger partial charge in [-0.3, -0.25) is 14.3 Å². The number of aromatic nitrogens is 1. The molecule has 2 atom stereocenters. The molecule has 41 heavy (non-hydrogen) atoms. The average molecular weight is 583 g/mol. The van der Waals surface area contributed by atoms with Crippen LogP contribution in [0.4, 0.5) is 5.82 Å². The Labute approximate surface area is 243 Å². The van der Waals surface area contributed by atoms with E-state index in [9.17, 15) is 18.0 Å². The first kappa shape index (κ1) is 31.9. The van der Waals surface area contributed by atoms with Crippen molar-refractivity contribution >= 4 is 27.7 Å². The predicted molar refractivity (Wildman–Crippen MR) is 161 cm³/mol. The van der Waals surface area contributed by atoms with E-state index in [1.807, 2.05) is 38.1 Å². The van der Waals surface area contributed by atoms with E-state index < -0.39 is 16.1 Å². The van der Waals surface area contributed by atoms with Crippen molar-refractivity contribution in [2.24, 2.45) is 5.92 Å². The molecule has 10 heteroatoms. The molecule has 3 aromatic rings. The quantitative estimate of drug-likeness (QED) is 0.231. The maximum Gasteiger partial charge on any atom is 0.263 e. The number of likely N-dealkylation sites (N-methyl/N-ethyl adjacent to an activating group) is 1. The molecule has 222 valence electrons. The number of hydrogen-bond donors (Lipinski definition) is 2. The number of aryl methyl sites for hydroxylation is 1. The normalized spacial score (nSPS) is 12.9. The smallest absolute Gasteiger partial charge is 0.263 e. The fourth-order valence-corrected chi connectivity index (χ4v) is 6.00. The molecule has 0 aliphatic heterocycles. The van der Waals surface area contributed by atoms with Gasteiger partial charge in [0.15, 0.2) is 5.82 Å². The second kappa shape index (κ2) is 14.3. The number of anilines is 1. The number of hydrogen-bond acceptors (Lipinski definition) is 6. The van der Waals surface area contributed by atoms with Crippen LogP contribution < -0.4 is 10.0 Å². The summed E-state index contributed by atoms with van der Waals surface area (Å²) in [6.45, 7) is 9.83. The molecule has 0 bridgehead atoms. The minimum Gasteiger partial charge on any atom is -0.359 e. The standard InChI is InChI=1S/C31H42N4O5S/c1-7-9-10-15-28(36)35(29(21(3)8-2)31(37)32-6)20-24-16-18-25(19-17-24)26-13-11-12-14-27(26)41(38,39)34-30-22(4)23(5)40-33-30/h11-14,16-19,21,29H,7-10,15,20H2,1-6H3,(H,32,37)(H,33,34)/t21-,29-/m0/s1. The molecule has 0 spiro atoms. The topological polar surface area (TPSA) is 122 Å². The van der Waals surface area contributed by atoms with Crippen molar-refractivity contribution in [3.63, 3.8) is 0 Å². The van der Waals surface area contributed by atoms with Gasteiger partial charge in [0.25, 0.3) is 10.0 Å². The Kier molecular flexibility index (Phi) is 11.1. The zero-order valence-corrected chi connectivity index (χ0v) is 25.7. The lowest BCUT2D eigenvalue weighted by molar-refractivity contribution is -0.143. The van der Waals surface area contributed by atoms with E-state index in [1.54, 1.807) is 50.1 Å². The summed E-state index contributed by atoms with van der Waals surface area (Å²) in [5.41, 5.74) is 2.70. The monoisotopic (exact) mass is 582 g/mol. The molecule has 0 saturated carbocycles. The van der Waals surface area contributed by atoms with Crippen molar-refractivity contribution < 1.29 is 22.5 Å². The summed E-state index contributed by atoms with van der Waals surface area (Å²) in [5, 5.41) is 6.57. The van der Waals surface area contributed by atoms with E-state index in [2.05, 4.69) is 22.1 Å². The first-order valence-corrected chi connectivity index (χ1v) is 15.7. The van der Waals surface area contributed by atoms with Gasteiger partial charge in [-0.2, -0.15) is 0 Å². The molecule has 0 aliphatic rings. The Hall–Kier alpha value is -3.66. The lowest BCUT2D eigenvalue weighted by Crippen LogP contribution is -2.51. The van der Waals surface area contributed by atoms with Gasteiger partial charge in [0.1, 0.15) is 11.8 Å². The van der Waals surface area contributed by atoms with Crippen LogP contribution in [0.2, 0.25) is 0 Å². The third kappa shape index (κ3) is 7.75. The van der Waals surface area contributed by atoms with Crippen LogP contribution in [0.15, 0.2) is 57.9 Å². The van der Waals surface area contributed by atoms with Crippen LogP contribution in [0.1, 0.15) is 69.8 Å². The zero-order chi connectivity index (χ0) is 30.2. The molecule has 9 nitrogen and oxygen atoms in total. The summed E-state index contributed by atoms with van der Waals surface area (Å²) in [4.78, 5) is 28.1. The molecule has 3 rings (SSSR count). The van der Waals surface area contributed by atoms with Crippen LogP contribution in [0.25, 0.3) is 11.1 Å². The highest BCUT2D eigenvalue weighted by Crippen LogP contribution is 2.30. The van der Waals surface area contributed by atoms with Crippen LogP contribution in [0.3, 0.4) is 0 Å². The molecule has 1 heterocycles. The van der Waals surface area contributed by atoms with Gasteiger partial charge in [-0.05, 0) is 43.4 Å². The number of nitrogens with zero attached hydrogens (tertiary/aromatic N) is 2. The predicted octanol–water partition coefficient (Wildman–Crippen LogP) is 5.83. The minimum absolute atomic E-state index is 0.0222. The van der Waals surface area contributed by atoms with Gasteiger partial charge >= 0.3 is 0 Å². The second-order valence-corrected chi connectivity index (χ2v) is 12.1. The fraction of sp³-hybridized carbons (Fsp3) is 0.452. The highest BCUT2D eigenvalue weighted by atomic mass is 32.2. The number of carbonyl (C=O) groups is 2. The Morgan fingerprint density at radius 1 is 1.02 bits per heavy atom. The molecule has 2 N–H and O–H groups in total. The van der Waals surface area contributed by atoms with Gasteiger partial charge < -0.3 is 14.7 Å². The summed E-state index contributed by atoms with van der Waals surface area (Å²) in [7, 11) is -2.36. The van der Waals surface area contributed by atoms with Crippen molar-refractivity contribution in [2.45, 2.75) is 84.2 Å². The lowest BCUT2D eigenvalue weighted by atomic mass is 9.95. The number of carbonyl (C=O) groups excluding carboxylic acids is 2. The van der Waals surface area contributed by atoms with Crippen LogP contribution in [0.5, 0.6) is 0 Å². The van der Waals surface area contributed by atoms with E-state index in [0.29, 0.717) is 28.9 Å². The number of rotatable bonds is 14. The van der Waals surface area contributed by atoms with Crippen LogP contribution in [-0.4, -0.2) is 43.4 Å². The number of amides is 2. The van der Waals surface area contributed by atoms with Gasteiger partial charge in [0.2, 0.25) is 11.8 Å². The fourth-order valence-electron chi connectivity index (χ4n) is 4.71. The van der Waals surface area contributed by atoms with Crippen molar-refractivity contribution in [2.75, 3.05) is 11.8 Å². The number of unbranched alkanes of at least 4 members (excludes halogenated alkanes) is 2. The number of nitrogens with one attached hydrogen (secondary N) is 2. The zero-order valence-electron chi connectivity index (χ0n) is 24.9. The van der Waals surface area contributed by atoms with E-state index in [-0.39, 0.29) is 35.0 Å². The summed E-state index contributed by atoms with van der Waals surface area (Å²) in [6, 6.07) is 13.6. The Morgan fingerprint density at radius 2 is 1.71 bits per heavy atom. The highest BCUT2D eigenvalue weighted by molar-refractivity contribution is 7.92. The summed E-state index contributed by atoms with van der Waals surface area (Å²) in [6.07, 6.45) is 3.87. The van der Waals surface area contributed by atoms with E-state index in [0.717, 1.165) is 31.2 Å². The third-order valence-corrected chi connectivity index (χ3v) is 8.93. The molecule has 2 aromatic carbocycles. The third-order valence-electron chi connectivity index (χ3n) is 7.53. The van der Waals surface area contributed by atoms with Gasteiger partial charge in [0.05, 0.1) is 4.90 Å². The van der Waals surface area contributed by atoms with E-state index in [1.165, 1.54) is 0 Å². The number of sulfonamides is 1. The Morgan fingerprint density at radius 3 is 2.29 bits per heavy atom. The SMILES string of the molecule is CCCCCC(=O)N(Cc1ccc(-c2ccccc2S(=O)(=O)Nc2noc(C)c2C)cc1)[C@H](C(=O)NC)[C@@H](C)CC. The molecule has 1 aromatic heterocycles. The van der Waals surface area contributed by atoms with Crippen molar-refractivity contribution in [1.82, 2.24) is 15.4 Å². The van der Waals surface area contributed by atoms with Crippen molar-refractivity contribution in [1.29, 1.82) is 0 Å². The summed E-state index contributed by atoms with van der Waals surface area (Å²) in [5.74, 6) is 0.451. The average Bonchev–Trinajstić information content (AvgIpc) is 3.28. The molecule has 0 radical (unpaired) electrons. The lowest BCUT2D eigenvalue weighted by Gasteiger charge is -2.34. The highest BCUT2D eigenvalue weighted by Gasteiger charge is 2.33. The van der Waals surface area contributed by atoms with Crippen LogP contribution in [0, 0.1) is 19.8 Å². The molecular formula is C31H42N4O5S. The maximum absolute atomic E-state index is 13.4.